The van der Waals surface area contributed by atoms with Crippen LogP contribution in [0.25, 0.3) is 21.9 Å². The summed E-state index contributed by atoms with van der Waals surface area (Å²) in [6.45, 7) is 2.32. The van der Waals surface area contributed by atoms with Gasteiger partial charge >= 0.3 is 11.9 Å². The van der Waals surface area contributed by atoms with Gasteiger partial charge < -0.3 is 9.47 Å². The second-order valence-electron chi connectivity index (χ2n) is 8.97. The maximum Gasteiger partial charge on any atom is 0.337 e. The van der Waals surface area contributed by atoms with E-state index in [1.165, 1.54) is 18.5 Å². The number of esters is 2. The van der Waals surface area contributed by atoms with Crippen molar-refractivity contribution in [3.8, 4) is 11.1 Å². The Hall–Kier alpha value is -4.01. The van der Waals surface area contributed by atoms with Crippen molar-refractivity contribution in [3.05, 3.63) is 101 Å². The lowest BCUT2D eigenvalue weighted by Gasteiger charge is -2.16. The fourth-order valence-electron chi connectivity index (χ4n) is 4.74. The molecule has 0 aliphatic carbocycles. The number of sulfonamides is 1. The zero-order valence-corrected chi connectivity index (χ0v) is 21.5. The molecule has 0 fully saturated rings. The van der Waals surface area contributed by atoms with E-state index in [1.807, 2.05) is 31.2 Å². The number of rotatable bonds is 5. The zero-order valence-electron chi connectivity index (χ0n) is 20.6. The number of hydrogen-bond acceptors (Lipinski definition) is 6. The molecule has 188 valence electrons. The average Bonchev–Trinajstić information content (AvgIpc) is 3.35. The van der Waals surface area contributed by atoms with Gasteiger partial charge in [-0.15, -0.1) is 0 Å². The highest BCUT2D eigenvalue weighted by Crippen LogP contribution is 2.41. The Morgan fingerprint density at radius 3 is 2.05 bits per heavy atom. The fraction of sp³-hybridized carbons (Fsp3) is 0.172. The molecule has 1 heterocycles. The molecular formula is C29H25NO6S. The van der Waals surface area contributed by atoms with E-state index in [0.717, 1.165) is 38.6 Å². The van der Waals surface area contributed by atoms with Crippen LogP contribution in [0, 0.1) is 6.92 Å². The normalized spacial score (nSPS) is 13.4. The van der Waals surface area contributed by atoms with Crippen LogP contribution >= 0.6 is 0 Å². The quantitative estimate of drug-likeness (QED) is 0.344. The number of ether oxygens (including phenoxy) is 2. The van der Waals surface area contributed by atoms with Crippen molar-refractivity contribution in [1.82, 2.24) is 4.31 Å². The lowest BCUT2D eigenvalue weighted by Crippen LogP contribution is -2.25. The Kier molecular flexibility index (Phi) is 6.31. The zero-order chi connectivity index (χ0) is 26.3. The number of hydrogen-bond donors (Lipinski definition) is 0. The Morgan fingerprint density at radius 1 is 0.784 bits per heavy atom. The van der Waals surface area contributed by atoms with Crippen LogP contribution in [0.2, 0.25) is 0 Å². The van der Waals surface area contributed by atoms with Crippen LogP contribution in [-0.2, 0) is 32.6 Å². The highest BCUT2D eigenvalue weighted by atomic mass is 32.2. The molecule has 1 aliphatic rings. The molecule has 0 saturated heterocycles. The van der Waals surface area contributed by atoms with Gasteiger partial charge in [-0.2, -0.15) is 4.31 Å². The summed E-state index contributed by atoms with van der Waals surface area (Å²) in [6.07, 6.45) is 0. The minimum absolute atomic E-state index is 0.179. The monoisotopic (exact) mass is 515 g/mol. The number of nitrogens with zero attached hydrogens (tertiary/aromatic N) is 1. The van der Waals surface area contributed by atoms with Crippen molar-refractivity contribution in [2.45, 2.75) is 24.9 Å². The predicted molar refractivity (Wildman–Crippen MR) is 140 cm³/mol. The van der Waals surface area contributed by atoms with Gasteiger partial charge in [-0.05, 0) is 82.4 Å². The van der Waals surface area contributed by atoms with Gasteiger partial charge in [0, 0.05) is 13.1 Å². The van der Waals surface area contributed by atoms with Crippen LogP contribution in [0.5, 0.6) is 0 Å². The molecule has 5 rings (SSSR count). The number of aryl methyl sites for hydroxylation is 1. The lowest BCUT2D eigenvalue weighted by molar-refractivity contribution is 0.0592. The van der Waals surface area contributed by atoms with Gasteiger partial charge in [-0.25, -0.2) is 18.0 Å². The first-order valence-corrected chi connectivity index (χ1v) is 13.1. The number of carbonyl (C=O) groups excluding carboxylic acids is 2. The molecule has 0 atom stereocenters. The van der Waals surface area contributed by atoms with Crippen LogP contribution in [0.3, 0.4) is 0 Å². The second-order valence-corrected chi connectivity index (χ2v) is 10.9. The minimum atomic E-state index is -3.73. The van der Waals surface area contributed by atoms with Gasteiger partial charge in [-0.1, -0.05) is 35.9 Å². The summed E-state index contributed by atoms with van der Waals surface area (Å²) >= 11 is 0. The molecule has 4 aromatic rings. The Morgan fingerprint density at radius 2 is 1.41 bits per heavy atom. The van der Waals surface area contributed by atoms with Gasteiger partial charge in [-0.3, -0.25) is 0 Å². The van der Waals surface area contributed by atoms with E-state index in [2.05, 4.69) is 0 Å². The van der Waals surface area contributed by atoms with Gasteiger partial charge in [0.25, 0.3) is 0 Å². The summed E-state index contributed by atoms with van der Waals surface area (Å²) in [5, 5.41) is 1.66. The van der Waals surface area contributed by atoms with E-state index < -0.39 is 22.0 Å². The molecule has 4 aromatic carbocycles. The van der Waals surface area contributed by atoms with Gasteiger partial charge in [0.2, 0.25) is 10.0 Å². The van der Waals surface area contributed by atoms with Crippen molar-refractivity contribution in [1.29, 1.82) is 0 Å². The lowest BCUT2D eigenvalue weighted by atomic mass is 9.89. The van der Waals surface area contributed by atoms with Crippen molar-refractivity contribution in [3.63, 3.8) is 0 Å². The maximum atomic E-state index is 13.5. The molecule has 0 N–H and O–H groups in total. The third kappa shape index (κ3) is 4.39. The van der Waals surface area contributed by atoms with E-state index in [1.54, 1.807) is 48.5 Å². The third-order valence-corrected chi connectivity index (χ3v) is 8.50. The summed E-state index contributed by atoms with van der Waals surface area (Å²) in [5.41, 5.74) is 5.14. The summed E-state index contributed by atoms with van der Waals surface area (Å²) in [4.78, 5) is 24.5. The molecule has 0 bridgehead atoms. The number of benzene rings is 4. The molecule has 1 aliphatic heterocycles. The summed E-state index contributed by atoms with van der Waals surface area (Å²) in [5.74, 6) is -0.906. The molecule has 8 heteroatoms. The maximum absolute atomic E-state index is 13.5. The summed E-state index contributed by atoms with van der Waals surface area (Å²) < 4.78 is 38.2. The fourth-order valence-corrected chi connectivity index (χ4v) is 6.12. The number of methoxy groups -OCH3 is 2. The first-order valence-electron chi connectivity index (χ1n) is 11.7. The average molecular weight is 516 g/mol. The number of fused-ring (bicyclic) bond motifs is 2. The van der Waals surface area contributed by atoms with Gasteiger partial charge in [0.15, 0.2) is 0 Å². The SMILES string of the molecule is COC(=O)c1ccc(-c2c3c(cc4ccc(C(=O)OC)cc24)CN(S(=O)(=O)c2ccc(C)cc2)C3)cc1. The van der Waals surface area contributed by atoms with E-state index in [0.29, 0.717) is 11.1 Å². The minimum Gasteiger partial charge on any atom is -0.465 e. The van der Waals surface area contributed by atoms with Crippen molar-refractivity contribution >= 4 is 32.7 Å². The van der Waals surface area contributed by atoms with Crippen LogP contribution in [0.1, 0.15) is 37.4 Å². The summed E-state index contributed by atoms with van der Waals surface area (Å²) in [6, 6.07) is 21.1. The van der Waals surface area contributed by atoms with Crippen LogP contribution < -0.4 is 0 Å². The standard InChI is InChI=1S/C29H25NO6S/c1-18-4-12-24(13-5-18)37(33,34)30-16-23-14-21-10-11-22(29(32)36-3)15-25(21)27(26(23)17-30)19-6-8-20(9-7-19)28(31)35-2/h4-15H,16-17H2,1-3H3. The molecule has 0 radical (unpaired) electrons. The third-order valence-electron chi connectivity index (χ3n) is 6.70. The van der Waals surface area contributed by atoms with Crippen molar-refractivity contribution in [2.24, 2.45) is 0 Å². The predicted octanol–water partition coefficient (Wildman–Crippen LogP) is 5.09. The molecule has 0 spiro atoms. The van der Waals surface area contributed by atoms with Crippen LogP contribution in [0.15, 0.2) is 77.7 Å². The Labute approximate surface area is 215 Å². The van der Waals surface area contributed by atoms with Crippen LogP contribution in [-0.4, -0.2) is 38.9 Å². The Bertz CT molecular complexity index is 1640. The largest absolute Gasteiger partial charge is 0.465 e. The van der Waals surface area contributed by atoms with E-state index in [4.69, 9.17) is 9.47 Å². The summed E-state index contributed by atoms with van der Waals surface area (Å²) in [7, 11) is -1.08. The first kappa shape index (κ1) is 24.7. The highest BCUT2D eigenvalue weighted by molar-refractivity contribution is 7.89. The van der Waals surface area contributed by atoms with Crippen LogP contribution in [0.4, 0.5) is 0 Å². The molecule has 7 nitrogen and oxygen atoms in total. The molecule has 0 unspecified atom stereocenters. The van der Waals surface area contributed by atoms with E-state index in [9.17, 15) is 18.0 Å². The van der Waals surface area contributed by atoms with E-state index >= 15 is 0 Å². The van der Waals surface area contributed by atoms with Crippen molar-refractivity contribution in [2.75, 3.05) is 14.2 Å². The molecule has 0 saturated carbocycles. The second kappa shape index (κ2) is 9.46. The number of carbonyl (C=O) groups is 2. The molecule has 0 aromatic heterocycles. The highest BCUT2D eigenvalue weighted by Gasteiger charge is 2.33. The van der Waals surface area contributed by atoms with Crippen molar-refractivity contribution < 1.29 is 27.5 Å². The Balaban J connectivity index is 1.67. The van der Waals surface area contributed by atoms with E-state index in [-0.39, 0.29) is 18.0 Å². The molecule has 37 heavy (non-hydrogen) atoms. The topological polar surface area (TPSA) is 90.0 Å². The molecule has 0 amide bonds. The van der Waals surface area contributed by atoms with Gasteiger partial charge in [0.1, 0.15) is 0 Å². The smallest absolute Gasteiger partial charge is 0.337 e. The van der Waals surface area contributed by atoms with Gasteiger partial charge in [0.05, 0.1) is 30.2 Å². The first-order chi connectivity index (χ1) is 17.7. The molecular weight excluding hydrogens is 490 g/mol.